The molecular weight excluding hydrogens is 371 g/mol. The van der Waals surface area contributed by atoms with E-state index in [9.17, 15) is 4.79 Å². The summed E-state index contributed by atoms with van der Waals surface area (Å²) in [4.78, 5) is 16.3. The van der Waals surface area contributed by atoms with Crippen LogP contribution >= 0.6 is 23.2 Å². The van der Waals surface area contributed by atoms with Crippen LogP contribution in [0.5, 0.6) is 0 Å². The van der Waals surface area contributed by atoms with Crippen LogP contribution in [0, 0.1) is 0 Å². The summed E-state index contributed by atoms with van der Waals surface area (Å²) < 4.78 is 7.51. The Balaban J connectivity index is 1.72. The maximum Gasteiger partial charge on any atom is 0.331 e. The first-order chi connectivity index (χ1) is 12.6. The number of hydrogen-bond donors (Lipinski definition) is 0. The predicted octanol–water partition coefficient (Wildman–Crippen LogP) is 5.19. The highest BCUT2D eigenvalue weighted by atomic mass is 35.5. The lowest BCUT2D eigenvalue weighted by Gasteiger charge is -2.18. The normalized spacial score (nSPS) is 12.2. The molecule has 3 rings (SSSR count). The van der Waals surface area contributed by atoms with Crippen LogP contribution in [0.4, 0.5) is 0 Å². The zero-order chi connectivity index (χ0) is 18.4. The molecule has 0 aliphatic carbocycles. The molecule has 132 valence electrons. The first-order valence-corrected chi connectivity index (χ1v) is 8.71. The molecule has 3 aromatic rings. The van der Waals surface area contributed by atoms with Gasteiger partial charge in [-0.25, -0.2) is 9.78 Å². The van der Waals surface area contributed by atoms with Crippen molar-refractivity contribution in [3.63, 3.8) is 0 Å². The molecule has 0 spiro atoms. The third-order valence-electron chi connectivity index (χ3n) is 3.72. The van der Waals surface area contributed by atoms with Crippen LogP contribution in [0.2, 0.25) is 10.0 Å². The van der Waals surface area contributed by atoms with Crippen molar-refractivity contribution in [1.29, 1.82) is 0 Å². The number of esters is 1. The number of ether oxygens (including phenoxy) is 1. The first-order valence-electron chi connectivity index (χ1n) is 7.95. The molecule has 1 heterocycles. The number of nitrogens with zero attached hydrogens (tertiary/aromatic N) is 2. The maximum absolute atomic E-state index is 12.3. The highest BCUT2D eigenvalue weighted by molar-refractivity contribution is 6.30. The minimum atomic E-state index is -0.455. The standard InChI is InChI=1S/C20H16Cl2N2O2/c21-17-6-1-15(2-7-17)3-10-20(25)26-19(13-24-12-11-23-14-24)16-4-8-18(22)9-5-16/h1-12,14,19H,13H2/b10-3+. The Bertz CT molecular complexity index is 873. The number of rotatable bonds is 6. The van der Waals surface area contributed by atoms with Crippen LogP contribution in [-0.2, 0) is 16.1 Å². The Hall–Kier alpha value is -2.56. The minimum Gasteiger partial charge on any atom is -0.452 e. The van der Waals surface area contributed by atoms with E-state index in [-0.39, 0.29) is 0 Å². The van der Waals surface area contributed by atoms with Crippen LogP contribution in [0.15, 0.2) is 73.3 Å². The molecule has 1 aromatic heterocycles. The molecule has 6 heteroatoms. The zero-order valence-electron chi connectivity index (χ0n) is 13.8. The van der Waals surface area contributed by atoms with Crippen molar-refractivity contribution < 1.29 is 9.53 Å². The fraction of sp³-hybridized carbons (Fsp3) is 0.100. The number of aromatic nitrogens is 2. The van der Waals surface area contributed by atoms with Crippen molar-refractivity contribution >= 4 is 35.2 Å². The molecule has 0 radical (unpaired) electrons. The van der Waals surface area contributed by atoms with Crippen molar-refractivity contribution in [2.75, 3.05) is 0 Å². The molecular formula is C20H16Cl2N2O2. The molecule has 1 atom stereocenters. The number of halogens is 2. The largest absolute Gasteiger partial charge is 0.452 e. The summed E-state index contributed by atoms with van der Waals surface area (Å²) in [6.45, 7) is 0.460. The molecule has 0 saturated carbocycles. The van der Waals surface area contributed by atoms with Crippen LogP contribution in [0.3, 0.4) is 0 Å². The third-order valence-corrected chi connectivity index (χ3v) is 4.22. The van der Waals surface area contributed by atoms with Crippen LogP contribution in [0.25, 0.3) is 6.08 Å². The molecule has 0 aliphatic rings. The Kier molecular flexibility index (Phi) is 6.10. The Labute approximate surface area is 161 Å². The molecule has 0 N–H and O–H groups in total. The quantitative estimate of drug-likeness (QED) is 0.432. The van der Waals surface area contributed by atoms with Crippen molar-refractivity contribution in [2.45, 2.75) is 12.6 Å². The van der Waals surface area contributed by atoms with Crippen molar-refractivity contribution in [2.24, 2.45) is 0 Å². The Morgan fingerprint density at radius 1 is 1.08 bits per heavy atom. The Morgan fingerprint density at radius 2 is 1.73 bits per heavy atom. The van der Waals surface area contributed by atoms with E-state index >= 15 is 0 Å². The van der Waals surface area contributed by atoms with Crippen molar-refractivity contribution in [3.05, 3.63) is 94.5 Å². The number of benzene rings is 2. The maximum atomic E-state index is 12.3. The van der Waals surface area contributed by atoms with Gasteiger partial charge in [0.2, 0.25) is 0 Å². The van der Waals surface area contributed by atoms with Crippen molar-refractivity contribution in [3.8, 4) is 0 Å². The predicted molar refractivity (Wildman–Crippen MR) is 103 cm³/mol. The van der Waals surface area contributed by atoms with E-state index in [2.05, 4.69) is 4.98 Å². The van der Waals surface area contributed by atoms with Crippen LogP contribution < -0.4 is 0 Å². The number of carbonyl (C=O) groups excluding carboxylic acids is 1. The highest BCUT2D eigenvalue weighted by Crippen LogP contribution is 2.22. The van der Waals surface area contributed by atoms with Gasteiger partial charge in [-0.1, -0.05) is 47.5 Å². The summed E-state index contributed by atoms with van der Waals surface area (Å²) >= 11 is 11.8. The lowest BCUT2D eigenvalue weighted by molar-refractivity contribution is -0.144. The highest BCUT2D eigenvalue weighted by Gasteiger charge is 2.16. The number of carbonyl (C=O) groups is 1. The van der Waals surface area contributed by atoms with Gasteiger partial charge in [-0.15, -0.1) is 0 Å². The van der Waals surface area contributed by atoms with Gasteiger partial charge < -0.3 is 9.30 Å². The summed E-state index contributed by atoms with van der Waals surface area (Å²) in [5.41, 5.74) is 1.72. The average Bonchev–Trinajstić information content (AvgIpc) is 3.14. The summed E-state index contributed by atoms with van der Waals surface area (Å²) in [6.07, 6.45) is 7.82. The second-order valence-electron chi connectivity index (χ2n) is 5.62. The van der Waals surface area contributed by atoms with E-state index in [0.717, 1.165) is 11.1 Å². The fourth-order valence-electron chi connectivity index (χ4n) is 2.39. The second kappa shape index (κ2) is 8.70. The van der Waals surface area contributed by atoms with Gasteiger partial charge in [0.25, 0.3) is 0 Å². The van der Waals surface area contributed by atoms with Gasteiger partial charge in [0.15, 0.2) is 0 Å². The van der Waals surface area contributed by atoms with E-state index < -0.39 is 12.1 Å². The van der Waals surface area contributed by atoms with E-state index in [0.29, 0.717) is 16.6 Å². The molecule has 1 unspecified atom stereocenters. The molecule has 26 heavy (non-hydrogen) atoms. The van der Waals surface area contributed by atoms with Gasteiger partial charge in [0.1, 0.15) is 6.10 Å². The van der Waals surface area contributed by atoms with Gasteiger partial charge in [-0.3, -0.25) is 0 Å². The molecule has 2 aromatic carbocycles. The summed E-state index contributed by atoms with van der Waals surface area (Å²) in [5, 5.41) is 1.27. The van der Waals surface area contributed by atoms with Gasteiger partial charge in [0, 0.05) is 28.5 Å². The number of hydrogen-bond acceptors (Lipinski definition) is 3. The first kappa shape index (κ1) is 18.2. The van der Waals surface area contributed by atoms with Gasteiger partial charge in [-0.05, 0) is 41.5 Å². The van der Waals surface area contributed by atoms with Gasteiger partial charge >= 0.3 is 5.97 Å². The van der Waals surface area contributed by atoms with Crippen molar-refractivity contribution in [1.82, 2.24) is 9.55 Å². The summed E-state index contributed by atoms with van der Waals surface area (Å²) in [6, 6.07) is 14.4. The smallest absolute Gasteiger partial charge is 0.331 e. The fourth-order valence-corrected chi connectivity index (χ4v) is 2.64. The van der Waals surface area contributed by atoms with Crippen LogP contribution in [0.1, 0.15) is 17.2 Å². The molecule has 0 saturated heterocycles. The zero-order valence-corrected chi connectivity index (χ0v) is 15.3. The van der Waals surface area contributed by atoms with E-state index in [1.807, 2.05) is 35.0 Å². The molecule has 4 nitrogen and oxygen atoms in total. The summed E-state index contributed by atoms with van der Waals surface area (Å²) in [7, 11) is 0. The molecule has 0 amide bonds. The monoisotopic (exact) mass is 386 g/mol. The SMILES string of the molecule is O=C(/C=C/c1ccc(Cl)cc1)OC(Cn1ccnc1)c1ccc(Cl)cc1. The molecule has 0 aliphatic heterocycles. The molecule has 0 fully saturated rings. The van der Waals surface area contributed by atoms with E-state index in [1.54, 1.807) is 42.9 Å². The van der Waals surface area contributed by atoms with E-state index in [1.165, 1.54) is 6.08 Å². The summed E-state index contributed by atoms with van der Waals surface area (Å²) in [5.74, 6) is -0.431. The van der Waals surface area contributed by atoms with Gasteiger partial charge in [0.05, 0.1) is 12.9 Å². The topological polar surface area (TPSA) is 44.1 Å². The third kappa shape index (κ3) is 5.22. The second-order valence-corrected chi connectivity index (χ2v) is 6.49. The lowest BCUT2D eigenvalue weighted by atomic mass is 10.1. The Morgan fingerprint density at radius 3 is 2.35 bits per heavy atom. The van der Waals surface area contributed by atoms with Crippen LogP contribution in [-0.4, -0.2) is 15.5 Å². The van der Waals surface area contributed by atoms with E-state index in [4.69, 9.17) is 27.9 Å². The van der Waals surface area contributed by atoms with Gasteiger partial charge in [-0.2, -0.15) is 0 Å². The minimum absolute atomic E-state index is 0.431. The molecule has 0 bridgehead atoms. The number of imidazole rings is 1. The average molecular weight is 387 g/mol. The lowest BCUT2D eigenvalue weighted by Crippen LogP contribution is -2.15.